The Bertz CT molecular complexity index is 805. The van der Waals surface area contributed by atoms with Crippen LogP contribution in [0, 0.1) is 0 Å². The van der Waals surface area contributed by atoms with Crippen LogP contribution in [-0.2, 0) is 6.61 Å². The highest BCUT2D eigenvalue weighted by atomic mass is 35.5. The highest BCUT2D eigenvalue weighted by Gasteiger charge is 2.08. The maximum absolute atomic E-state index is 6.11. The van der Waals surface area contributed by atoms with Crippen molar-refractivity contribution in [2.45, 2.75) is 6.61 Å². The first kappa shape index (κ1) is 14.7. The van der Waals surface area contributed by atoms with Crippen LogP contribution < -0.4 is 10.5 Å². The first-order chi connectivity index (χ1) is 10.6. The Balaban J connectivity index is 1.75. The molecular weight excluding hydrogens is 325 g/mol. The first-order valence-corrected chi connectivity index (χ1v) is 7.13. The first-order valence-electron chi connectivity index (χ1n) is 6.38. The maximum atomic E-state index is 6.11. The van der Waals surface area contributed by atoms with Crippen molar-refractivity contribution >= 4 is 29.2 Å². The van der Waals surface area contributed by atoms with Gasteiger partial charge in [0.1, 0.15) is 12.4 Å². The summed E-state index contributed by atoms with van der Waals surface area (Å²) in [5.74, 6) is 0.993. The topological polar surface area (TPSA) is 74.2 Å². The maximum Gasteiger partial charge on any atom is 0.313 e. The molecule has 0 aliphatic carbocycles. The van der Waals surface area contributed by atoms with Crippen LogP contribution in [0.25, 0.3) is 11.5 Å². The molecule has 2 N–H and O–H groups in total. The molecular formula is C15H11Cl2N3O2. The van der Waals surface area contributed by atoms with Crippen LogP contribution in [0.1, 0.15) is 5.56 Å². The van der Waals surface area contributed by atoms with Crippen LogP contribution in [0.3, 0.4) is 0 Å². The zero-order valence-corrected chi connectivity index (χ0v) is 12.8. The highest BCUT2D eigenvalue weighted by Crippen LogP contribution is 2.26. The second-order valence-electron chi connectivity index (χ2n) is 4.50. The molecule has 0 fully saturated rings. The minimum absolute atomic E-state index is 0.0225. The second-order valence-corrected chi connectivity index (χ2v) is 5.34. The van der Waals surface area contributed by atoms with Crippen LogP contribution in [0.5, 0.6) is 5.75 Å². The average Bonchev–Trinajstić information content (AvgIpc) is 2.93. The molecule has 7 heteroatoms. The quantitative estimate of drug-likeness (QED) is 0.773. The lowest BCUT2D eigenvalue weighted by Crippen LogP contribution is -1.96. The van der Waals surface area contributed by atoms with Gasteiger partial charge in [-0.2, -0.15) is 0 Å². The van der Waals surface area contributed by atoms with Crippen LogP contribution in [-0.4, -0.2) is 10.2 Å². The minimum atomic E-state index is 0.0225. The molecule has 0 bridgehead atoms. The van der Waals surface area contributed by atoms with Gasteiger partial charge in [-0.3, -0.25) is 0 Å². The highest BCUT2D eigenvalue weighted by molar-refractivity contribution is 6.35. The lowest BCUT2D eigenvalue weighted by molar-refractivity contribution is 0.306. The van der Waals surface area contributed by atoms with Gasteiger partial charge in [0.15, 0.2) is 0 Å². The molecule has 1 aromatic heterocycles. The number of anilines is 1. The predicted octanol–water partition coefficient (Wildman–Crippen LogP) is 4.20. The van der Waals surface area contributed by atoms with Gasteiger partial charge in [0.05, 0.1) is 0 Å². The number of benzene rings is 2. The molecule has 0 spiro atoms. The molecule has 1 heterocycles. The molecule has 0 saturated heterocycles. The second kappa shape index (κ2) is 6.25. The third-order valence-electron chi connectivity index (χ3n) is 2.93. The summed E-state index contributed by atoms with van der Waals surface area (Å²) in [4.78, 5) is 0. The number of nitrogens with zero attached hydrogens (tertiary/aromatic N) is 2. The fraction of sp³-hybridized carbons (Fsp3) is 0.0667. The van der Waals surface area contributed by atoms with Gasteiger partial charge in [-0.1, -0.05) is 40.4 Å². The zero-order valence-electron chi connectivity index (χ0n) is 11.3. The summed E-state index contributed by atoms with van der Waals surface area (Å²) in [6, 6.07) is 12.6. The van der Waals surface area contributed by atoms with E-state index >= 15 is 0 Å². The smallest absolute Gasteiger partial charge is 0.313 e. The van der Waals surface area contributed by atoms with Gasteiger partial charge in [0.2, 0.25) is 5.89 Å². The van der Waals surface area contributed by atoms with Crippen LogP contribution in [0.2, 0.25) is 10.0 Å². The minimum Gasteiger partial charge on any atom is -0.489 e. The number of ether oxygens (including phenoxy) is 1. The lowest BCUT2D eigenvalue weighted by Gasteiger charge is -2.08. The van der Waals surface area contributed by atoms with E-state index in [9.17, 15) is 0 Å². The Labute approximate surface area is 136 Å². The van der Waals surface area contributed by atoms with Gasteiger partial charge in [0, 0.05) is 21.2 Å². The number of rotatable bonds is 4. The Morgan fingerprint density at radius 3 is 2.68 bits per heavy atom. The van der Waals surface area contributed by atoms with Gasteiger partial charge in [-0.05, 0) is 30.3 Å². The summed E-state index contributed by atoms with van der Waals surface area (Å²) in [5.41, 5.74) is 6.99. The lowest BCUT2D eigenvalue weighted by atomic mass is 10.2. The van der Waals surface area contributed by atoms with E-state index in [2.05, 4.69) is 10.2 Å². The number of halogens is 2. The van der Waals surface area contributed by atoms with E-state index in [-0.39, 0.29) is 6.01 Å². The summed E-state index contributed by atoms with van der Waals surface area (Å²) in [7, 11) is 0. The van der Waals surface area contributed by atoms with Crippen molar-refractivity contribution in [1.29, 1.82) is 0 Å². The Kier molecular flexibility index (Phi) is 4.18. The number of hydrogen-bond donors (Lipinski definition) is 1. The van der Waals surface area contributed by atoms with Gasteiger partial charge in [-0.15, -0.1) is 5.10 Å². The van der Waals surface area contributed by atoms with Crippen LogP contribution in [0.4, 0.5) is 6.01 Å². The molecule has 0 aliphatic heterocycles. The Morgan fingerprint density at radius 1 is 1.09 bits per heavy atom. The molecule has 112 valence electrons. The molecule has 5 nitrogen and oxygen atoms in total. The summed E-state index contributed by atoms with van der Waals surface area (Å²) >= 11 is 12.0. The van der Waals surface area contributed by atoms with Crippen molar-refractivity contribution in [3.63, 3.8) is 0 Å². The van der Waals surface area contributed by atoms with Gasteiger partial charge >= 0.3 is 6.01 Å². The van der Waals surface area contributed by atoms with Crippen molar-refractivity contribution in [3.05, 3.63) is 58.1 Å². The van der Waals surface area contributed by atoms with Crippen molar-refractivity contribution in [2.75, 3.05) is 5.73 Å². The van der Waals surface area contributed by atoms with E-state index in [0.29, 0.717) is 28.3 Å². The van der Waals surface area contributed by atoms with Crippen molar-refractivity contribution in [2.24, 2.45) is 0 Å². The van der Waals surface area contributed by atoms with E-state index < -0.39 is 0 Å². The summed E-state index contributed by atoms with van der Waals surface area (Å²) in [6.07, 6.45) is 0. The molecule has 0 atom stereocenters. The van der Waals surface area contributed by atoms with Crippen molar-refractivity contribution in [3.8, 4) is 17.2 Å². The third kappa shape index (κ3) is 3.32. The number of hydrogen-bond acceptors (Lipinski definition) is 5. The molecule has 2 aromatic carbocycles. The van der Waals surface area contributed by atoms with Crippen molar-refractivity contribution < 1.29 is 9.15 Å². The number of aromatic nitrogens is 2. The van der Waals surface area contributed by atoms with Gasteiger partial charge < -0.3 is 14.9 Å². The monoisotopic (exact) mass is 335 g/mol. The van der Waals surface area contributed by atoms with E-state index in [1.807, 2.05) is 24.3 Å². The molecule has 0 saturated carbocycles. The number of nitrogen functional groups attached to an aromatic ring is 1. The van der Waals surface area contributed by atoms with E-state index in [1.54, 1.807) is 18.2 Å². The summed E-state index contributed by atoms with van der Waals surface area (Å²) < 4.78 is 10.9. The predicted molar refractivity (Wildman–Crippen MR) is 84.9 cm³/mol. The standard InChI is InChI=1S/C15H11Cl2N3O2/c16-11-5-4-10(13(17)7-11)8-21-12-3-1-2-9(6-12)14-19-20-15(18)22-14/h1-7H,8H2,(H2,18,20). The molecule has 22 heavy (non-hydrogen) atoms. The molecule has 0 radical (unpaired) electrons. The Morgan fingerprint density at radius 2 is 1.95 bits per heavy atom. The molecule has 3 rings (SSSR count). The Hall–Kier alpha value is -2.24. The number of nitrogens with two attached hydrogens (primary N) is 1. The molecule has 0 unspecified atom stereocenters. The summed E-state index contributed by atoms with van der Waals surface area (Å²) in [5, 5.41) is 8.61. The van der Waals surface area contributed by atoms with Gasteiger partial charge in [-0.25, -0.2) is 0 Å². The van der Waals surface area contributed by atoms with E-state index in [4.69, 9.17) is 38.1 Å². The van der Waals surface area contributed by atoms with Crippen LogP contribution >= 0.6 is 23.2 Å². The molecule has 0 aliphatic rings. The SMILES string of the molecule is Nc1nnc(-c2cccc(OCc3ccc(Cl)cc3Cl)c2)o1. The van der Waals surface area contributed by atoms with Gasteiger partial charge in [0.25, 0.3) is 0 Å². The van der Waals surface area contributed by atoms with E-state index in [0.717, 1.165) is 11.1 Å². The largest absolute Gasteiger partial charge is 0.489 e. The zero-order chi connectivity index (χ0) is 15.5. The third-order valence-corrected chi connectivity index (χ3v) is 3.52. The fourth-order valence-electron chi connectivity index (χ4n) is 1.87. The van der Waals surface area contributed by atoms with Crippen molar-refractivity contribution in [1.82, 2.24) is 10.2 Å². The average molecular weight is 336 g/mol. The molecule has 0 amide bonds. The molecule has 3 aromatic rings. The van der Waals surface area contributed by atoms with Crippen LogP contribution in [0.15, 0.2) is 46.9 Å². The fourth-order valence-corrected chi connectivity index (χ4v) is 2.33. The van der Waals surface area contributed by atoms with E-state index in [1.165, 1.54) is 0 Å². The normalized spacial score (nSPS) is 10.6. The summed E-state index contributed by atoms with van der Waals surface area (Å²) in [6.45, 7) is 0.325.